The molecule has 1 aliphatic rings. The molecule has 1 N–H and O–H groups in total. The van der Waals surface area contributed by atoms with E-state index in [1.807, 2.05) is 48.4 Å². The average molecular weight is 396 g/mol. The lowest BCUT2D eigenvalue weighted by Gasteiger charge is -2.36. The number of carbonyl (C=O) groups excluding carboxylic acids is 1. The van der Waals surface area contributed by atoms with Gasteiger partial charge in [-0.2, -0.15) is 0 Å². The molecule has 142 valence electrons. The number of piperidine rings is 1. The smallest absolute Gasteiger partial charge is 0.322 e. The zero-order chi connectivity index (χ0) is 16.8. The number of benzene rings is 1. The Balaban J connectivity index is 0.00000169. The number of carbonyl (C=O) groups is 1. The Bertz CT molecular complexity index is 665. The lowest BCUT2D eigenvalue weighted by Crippen LogP contribution is -2.46. The van der Waals surface area contributed by atoms with E-state index in [9.17, 15) is 4.79 Å². The molecule has 6 heteroatoms. The number of pyridine rings is 1. The molecule has 0 bridgehead atoms. The van der Waals surface area contributed by atoms with Crippen LogP contribution < -0.4 is 5.32 Å². The minimum absolute atomic E-state index is 0. The lowest BCUT2D eigenvalue weighted by molar-refractivity contribution is 0.158. The second-order valence-electron chi connectivity index (χ2n) is 6.54. The van der Waals surface area contributed by atoms with Crippen molar-refractivity contribution in [3.8, 4) is 0 Å². The summed E-state index contributed by atoms with van der Waals surface area (Å²) in [5.74, 6) is 0. The predicted molar refractivity (Wildman–Crippen MR) is 112 cm³/mol. The van der Waals surface area contributed by atoms with E-state index in [1.54, 1.807) is 6.20 Å². The Labute approximate surface area is 168 Å². The third kappa shape index (κ3) is 6.19. The monoisotopic (exact) mass is 395 g/mol. The van der Waals surface area contributed by atoms with E-state index in [1.165, 1.54) is 17.5 Å². The van der Waals surface area contributed by atoms with Crippen LogP contribution in [0, 0.1) is 6.92 Å². The van der Waals surface area contributed by atoms with Crippen LogP contribution in [-0.2, 0) is 6.42 Å². The van der Waals surface area contributed by atoms with Gasteiger partial charge in [-0.15, -0.1) is 24.8 Å². The highest BCUT2D eigenvalue weighted by Crippen LogP contribution is 2.22. The number of likely N-dealkylation sites (tertiary alicyclic amines) is 1. The minimum atomic E-state index is 0. The fraction of sp³-hybridized carbons (Fsp3) is 0.400. The first kappa shape index (κ1) is 22.3. The van der Waals surface area contributed by atoms with E-state index in [0.29, 0.717) is 6.04 Å². The first-order valence-corrected chi connectivity index (χ1v) is 8.75. The van der Waals surface area contributed by atoms with Crippen LogP contribution in [0.2, 0.25) is 0 Å². The number of hydrogen-bond donors (Lipinski definition) is 1. The van der Waals surface area contributed by atoms with E-state index >= 15 is 0 Å². The molecule has 1 unspecified atom stereocenters. The van der Waals surface area contributed by atoms with Gasteiger partial charge in [-0.3, -0.25) is 4.98 Å². The SMILES string of the molecule is Cc1ccc(NC(=O)N2CCCCC2CCc2cccnc2)cc1.Cl.Cl. The maximum absolute atomic E-state index is 12.7. The van der Waals surface area contributed by atoms with E-state index in [4.69, 9.17) is 0 Å². The second kappa shape index (κ2) is 11.0. The molecular weight excluding hydrogens is 369 g/mol. The Morgan fingerprint density at radius 1 is 1.19 bits per heavy atom. The zero-order valence-corrected chi connectivity index (χ0v) is 16.7. The van der Waals surface area contributed by atoms with Crippen molar-refractivity contribution in [3.63, 3.8) is 0 Å². The van der Waals surface area contributed by atoms with E-state index in [0.717, 1.165) is 37.9 Å². The number of urea groups is 1. The number of aryl methyl sites for hydroxylation is 2. The molecule has 1 aromatic heterocycles. The van der Waals surface area contributed by atoms with Gasteiger partial charge in [0.1, 0.15) is 0 Å². The van der Waals surface area contributed by atoms with Crippen molar-refractivity contribution in [2.45, 2.75) is 45.1 Å². The molecular formula is C20H27Cl2N3O. The average Bonchev–Trinajstić information content (AvgIpc) is 2.63. The normalized spacial score (nSPS) is 16.2. The summed E-state index contributed by atoms with van der Waals surface area (Å²) < 4.78 is 0. The number of hydrogen-bond acceptors (Lipinski definition) is 2. The molecule has 2 amide bonds. The van der Waals surface area contributed by atoms with Crippen LogP contribution in [0.5, 0.6) is 0 Å². The third-order valence-electron chi connectivity index (χ3n) is 4.68. The number of nitrogens with one attached hydrogen (secondary N) is 1. The number of aromatic nitrogens is 1. The fourth-order valence-corrected chi connectivity index (χ4v) is 3.28. The molecule has 4 nitrogen and oxygen atoms in total. The van der Waals surface area contributed by atoms with Crippen molar-refractivity contribution in [1.29, 1.82) is 0 Å². The van der Waals surface area contributed by atoms with Gasteiger partial charge in [0.25, 0.3) is 0 Å². The van der Waals surface area contributed by atoms with Crippen LogP contribution in [0.1, 0.15) is 36.8 Å². The van der Waals surface area contributed by atoms with Crippen molar-refractivity contribution in [2.24, 2.45) is 0 Å². The molecule has 0 saturated carbocycles. The van der Waals surface area contributed by atoms with Gasteiger partial charge in [0, 0.05) is 30.7 Å². The van der Waals surface area contributed by atoms with Crippen molar-refractivity contribution in [1.82, 2.24) is 9.88 Å². The highest BCUT2D eigenvalue weighted by molar-refractivity contribution is 5.89. The van der Waals surface area contributed by atoms with E-state index in [2.05, 4.69) is 16.4 Å². The maximum Gasteiger partial charge on any atom is 0.322 e. The van der Waals surface area contributed by atoms with Gasteiger partial charge in [-0.1, -0.05) is 23.8 Å². The molecule has 3 rings (SSSR count). The molecule has 0 spiro atoms. The molecule has 1 saturated heterocycles. The molecule has 1 aromatic carbocycles. The van der Waals surface area contributed by atoms with Gasteiger partial charge in [0.05, 0.1) is 0 Å². The summed E-state index contributed by atoms with van der Waals surface area (Å²) in [5, 5.41) is 3.04. The molecule has 0 aliphatic carbocycles. The van der Waals surface area contributed by atoms with Crippen LogP contribution in [0.25, 0.3) is 0 Å². The number of nitrogens with zero attached hydrogens (tertiary/aromatic N) is 2. The predicted octanol–water partition coefficient (Wildman–Crippen LogP) is 5.25. The maximum atomic E-state index is 12.7. The minimum Gasteiger partial charge on any atom is -0.322 e. The molecule has 0 radical (unpaired) electrons. The summed E-state index contributed by atoms with van der Waals surface area (Å²) in [6.07, 6.45) is 9.04. The van der Waals surface area contributed by atoms with Crippen LogP contribution >= 0.6 is 24.8 Å². The number of anilines is 1. The van der Waals surface area contributed by atoms with Crippen LogP contribution in [0.15, 0.2) is 48.8 Å². The first-order valence-electron chi connectivity index (χ1n) is 8.75. The zero-order valence-electron chi connectivity index (χ0n) is 15.1. The molecule has 1 atom stereocenters. The van der Waals surface area contributed by atoms with Crippen molar-refractivity contribution in [3.05, 3.63) is 59.9 Å². The Kier molecular flexibility index (Phi) is 9.46. The van der Waals surface area contributed by atoms with Crippen molar-refractivity contribution in [2.75, 3.05) is 11.9 Å². The Morgan fingerprint density at radius 2 is 1.96 bits per heavy atom. The fourth-order valence-electron chi connectivity index (χ4n) is 3.28. The quantitative estimate of drug-likeness (QED) is 0.767. The largest absolute Gasteiger partial charge is 0.322 e. The number of rotatable bonds is 4. The van der Waals surface area contributed by atoms with Gasteiger partial charge >= 0.3 is 6.03 Å². The third-order valence-corrected chi connectivity index (χ3v) is 4.68. The van der Waals surface area contributed by atoms with Crippen LogP contribution in [-0.4, -0.2) is 28.5 Å². The molecule has 1 fully saturated rings. The standard InChI is InChI=1S/C20H25N3O.2ClH/c1-16-7-10-18(11-8-16)22-20(24)23-14-3-2-6-19(23)12-9-17-5-4-13-21-15-17;;/h4-5,7-8,10-11,13,15,19H,2-3,6,9,12,14H2,1H3,(H,22,24);2*1H. The summed E-state index contributed by atoms with van der Waals surface area (Å²) >= 11 is 0. The highest BCUT2D eigenvalue weighted by atomic mass is 35.5. The number of halogens is 2. The molecule has 26 heavy (non-hydrogen) atoms. The molecule has 1 aliphatic heterocycles. The van der Waals surface area contributed by atoms with E-state index < -0.39 is 0 Å². The molecule has 2 heterocycles. The van der Waals surface area contributed by atoms with Crippen LogP contribution in [0.3, 0.4) is 0 Å². The second-order valence-corrected chi connectivity index (χ2v) is 6.54. The lowest BCUT2D eigenvalue weighted by atomic mass is 9.96. The van der Waals surface area contributed by atoms with Gasteiger partial charge < -0.3 is 10.2 Å². The van der Waals surface area contributed by atoms with Crippen molar-refractivity contribution < 1.29 is 4.79 Å². The van der Waals surface area contributed by atoms with Gasteiger partial charge in [-0.25, -0.2) is 4.79 Å². The van der Waals surface area contributed by atoms with Gasteiger partial charge in [0.2, 0.25) is 0 Å². The Hall–Kier alpha value is -1.78. The van der Waals surface area contributed by atoms with Crippen molar-refractivity contribution >= 4 is 36.5 Å². The van der Waals surface area contributed by atoms with Crippen LogP contribution in [0.4, 0.5) is 10.5 Å². The molecule has 2 aromatic rings. The summed E-state index contributed by atoms with van der Waals surface area (Å²) in [5.41, 5.74) is 3.30. The van der Waals surface area contributed by atoms with Gasteiger partial charge in [-0.05, 0) is 62.8 Å². The topological polar surface area (TPSA) is 45.2 Å². The summed E-state index contributed by atoms with van der Waals surface area (Å²) in [6, 6.07) is 12.4. The van der Waals surface area contributed by atoms with Gasteiger partial charge in [0.15, 0.2) is 0 Å². The van der Waals surface area contributed by atoms with E-state index in [-0.39, 0.29) is 30.8 Å². The Morgan fingerprint density at radius 3 is 2.65 bits per heavy atom. The summed E-state index contributed by atoms with van der Waals surface area (Å²) in [6.45, 7) is 2.89. The summed E-state index contributed by atoms with van der Waals surface area (Å²) in [4.78, 5) is 18.9. The number of amides is 2. The highest BCUT2D eigenvalue weighted by Gasteiger charge is 2.26. The summed E-state index contributed by atoms with van der Waals surface area (Å²) in [7, 11) is 0. The first-order chi connectivity index (χ1) is 11.7.